The topological polar surface area (TPSA) is 52.6 Å². The molecule has 1 aliphatic rings. The highest BCUT2D eigenvalue weighted by Gasteiger charge is 2.23. The van der Waals surface area contributed by atoms with Crippen LogP contribution < -0.4 is 5.32 Å². The second kappa shape index (κ2) is 12.3. The zero-order valence-electron chi connectivity index (χ0n) is 15.4. The smallest absolute Gasteiger partial charge is 0.253 e. The minimum absolute atomic E-state index is 0. The number of unbranched alkanes of at least 4 members (excludes halogenated alkanes) is 5. The summed E-state index contributed by atoms with van der Waals surface area (Å²) in [4.78, 5) is 14.4. The van der Waals surface area contributed by atoms with E-state index < -0.39 is 0 Å². The van der Waals surface area contributed by atoms with Crippen LogP contribution in [0.4, 0.5) is 0 Å². The van der Waals surface area contributed by atoms with Gasteiger partial charge in [-0.05, 0) is 30.5 Å². The van der Waals surface area contributed by atoms with Gasteiger partial charge in [-0.15, -0.1) is 12.4 Å². The summed E-state index contributed by atoms with van der Waals surface area (Å²) in [5.74, 6) is 0.0704. The molecule has 0 radical (unpaired) electrons. The fourth-order valence-corrected chi connectivity index (χ4v) is 3.24. The van der Waals surface area contributed by atoms with E-state index in [-0.39, 0.29) is 31.0 Å². The molecule has 1 heterocycles. The summed E-state index contributed by atoms with van der Waals surface area (Å²) in [5, 5.41) is 12.5. The van der Waals surface area contributed by atoms with Crippen LogP contribution >= 0.6 is 12.4 Å². The molecule has 1 aliphatic heterocycles. The summed E-state index contributed by atoms with van der Waals surface area (Å²) in [7, 11) is 0. The predicted octanol–water partition coefficient (Wildman–Crippen LogP) is 3.42. The van der Waals surface area contributed by atoms with Gasteiger partial charge in [0.15, 0.2) is 0 Å². The first-order chi connectivity index (χ1) is 11.7. The monoisotopic (exact) mass is 368 g/mol. The van der Waals surface area contributed by atoms with Crippen molar-refractivity contribution in [1.29, 1.82) is 0 Å². The number of aliphatic hydroxyl groups excluding tert-OH is 1. The zero-order valence-corrected chi connectivity index (χ0v) is 16.2. The van der Waals surface area contributed by atoms with Crippen molar-refractivity contribution in [2.24, 2.45) is 0 Å². The van der Waals surface area contributed by atoms with E-state index in [4.69, 9.17) is 0 Å². The van der Waals surface area contributed by atoms with Gasteiger partial charge < -0.3 is 15.3 Å². The Kier molecular flexibility index (Phi) is 10.8. The first-order valence-electron chi connectivity index (χ1n) is 9.47. The highest BCUT2D eigenvalue weighted by atomic mass is 35.5. The second-order valence-corrected chi connectivity index (χ2v) is 6.80. The summed E-state index contributed by atoms with van der Waals surface area (Å²) in [6, 6.07) is 8.07. The average molecular weight is 369 g/mol. The van der Waals surface area contributed by atoms with Crippen LogP contribution in [0.25, 0.3) is 0 Å². The maximum atomic E-state index is 12.5. The first kappa shape index (κ1) is 21.9. The Morgan fingerprint density at radius 3 is 2.52 bits per heavy atom. The maximum Gasteiger partial charge on any atom is 0.253 e. The Hall–Kier alpha value is -1.10. The van der Waals surface area contributed by atoms with Gasteiger partial charge in [-0.2, -0.15) is 0 Å². The zero-order chi connectivity index (χ0) is 17.2. The van der Waals surface area contributed by atoms with Crippen LogP contribution in [0.5, 0.6) is 0 Å². The third kappa shape index (κ3) is 7.35. The van der Waals surface area contributed by atoms with Gasteiger partial charge in [-0.25, -0.2) is 0 Å². The van der Waals surface area contributed by atoms with E-state index in [0.29, 0.717) is 13.1 Å². The highest BCUT2D eigenvalue weighted by molar-refractivity contribution is 5.94. The number of carbonyl (C=O) groups excluding carboxylic acids is 1. The molecule has 1 unspecified atom stereocenters. The quantitative estimate of drug-likeness (QED) is 0.657. The molecule has 0 saturated carbocycles. The number of halogens is 1. The predicted molar refractivity (Wildman–Crippen MR) is 106 cm³/mol. The molecular weight excluding hydrogens is 336 g/mol. The van der Waals surface area contributed by atoms with Crippen LogP contribution in [0, 0.1) is 0 Å². The standard InChI is InChI=1S/C20H32N2O2.ClH/c1-2-3-4-5-6-7-8-17-9-11-18(12-10-17)20(24)22-14-13-21-19(15-22)16-23;/h9-12,19,21,23H,2-8,13-16H2,1H3;1H. The first-order valence-corrected chi connectivity index (χ1v) is 9.47. The molecule has 142 valence electrons. The highest BCUT2D eigenvalue weighted by Crippen LogP contribution is 2.13. The van der Waals surface area contributed by atoms with Gasteiger partial charge in [0.1, 0.15) is 0 Å². The summed E-state index contributed by atoms with van der Waals surface area (Å²) < 4.78 is 0. The van der Waals surface area contributed by atoms with Gasteiger partial charge in [0.25, 0.3) is 5.91 Å². The van der Waals surface area contributed by atoms with Gasteiger partial charge >= 0.3 is 0 Å². The summed E-state index contributed by atoms with van der Waals surface area (Å²) in [6.45, 7) is 4.34. The lowest BCUT2D eigenvalue weighted by Crippen LogP contribution is -2.54. The van der Waals surface area contributed by atoms with Crippen LogP contribution in [-0.4, -0.2) is 48.2 Å². The molecule has 1 aromatic rings. The Morgan fingerprint density at radius 2 is 1.84 bits per heavy atom. The Bertz CT molecular complexity index is 493. The average Bonchev–Trinajstić information content (AvgIpc) is 2.64. The normalized spacial score (nSPS) is 17.2. The van der Waals surface area contributed by atoms with Crippen LogP contribution in [0.15, 0.2) is 24.3 Å². The maximum absolute atomic E-state index is 12.5. The number of hydrogen-bond acceptors (Lipinski definition) is 3. The fourth-order valence-electron chi connectivity index (χ4n) is 3.24. The molecule has 0 spiro atoms. The molecule has 2 rings (SSSR count). The van der Waals surface area contributed by atoms with Gasteiger partial charge in [0.05, 0.1) is 6.61 Å². The number of aryl methyl sites for hydroxylation is 1. The lowest BCUT2D eigenvalue weighted by molar-refractivity contribution is 0.0671. The fraction of sp³-hybridized carbons (Fsp3) is 0.650. The lowest BCUT2D eigenvalue weighted by Gasteiger charge is -2.32. The van der Waals surface area contributed by atoms with E-state index in [1.165, 1.54) is 44.1 Å². The molecule has 1 aromatic carbocycles. The van der Waals surface area contributed by atoms with Crippen molar-refractivity contribution in [2.75, 3.05) is 26.2 Å². The molecule has 1 atom stereocenters. The number of hydrogen-bond donors (Lipinski definition) is 2. The molecule has 0 bridgehead atoms. The van der Waals surface area contributed by atoms with E-state index in [1.807, 2.05) is 17.0 Å². The van der Waals surface area contributed by atoms with Gasteiger partial charge in [-0.1, -0.05) is 51.2 Å². The largest absolute Gasteiger partial charge is 0.395 e. The van der Waals surface area contributed by atoms with Crippen molar-refractivity contribution in [2.45, 2.75) is 57.9 Å². The molecule has 0 aromatic heterocycles. The summed E-state index contributed by atoms with van der Waals surface area (Å²) in [6.07, 6.45) is 8.95. The second-order valence-electron chi connectivity index (χ2n) is 6.80. The number of carbonyl (C=O) groups is 1. The van der Waals surface area contributed by atoms with Crippen molar-refractivity contribution in [1.82, 2.24) is 10.2 Å². The molecule has 5 heteroatoms. The number of amides is 1. The van der Waals surface area contributed by atoms with E-state index in [0.717, 1.165) is 18.5 Å². The molecule has 1 fully saturated rings. The number of nitrogens with zero attached hydrogens (tertiary/aromatic N) is 1. The molecular formula is C20H33ClN2O2. The summed E-state index contributed by atoms with van der Waals surface area (Å²) >= 11 is 0. The molecule has 0 aliphatic carbocycles. The Morgan fingerprint density at radius 1 is 1.16 bits per heavy atom. The number of nitrogens with one attached hydrogen (secondary N) is 1. The number of piperazine rings is 1. The molecule has 25 heavy (non-hydrogen) atoms. The van der Waals surface area contributed by atoms with Crippen molar-refractivity contribution < 1.29 is 9.90 Å². The van der Waals surface area contributed by atoms with Crippen molar-refractivity contribution in [3.8, 4) is 0 Å². The molecule has 2 N–H and O–H groups in total. The van der Waals surface area contributed by atoms with Crippen molar-refractivity contribution in [3.63, 3.8) is 0 Å². The SMILES string of the molecule is CCCCCCCCc1ccc(C(=O)N2CCNC(CO)C2)cc1.Cl. The van der Waals surface area contributed by atoms with Gasteiger partial charge in [-0.3, -0.25) is 4.79 Å². The Labute approximate surface area is 158 Å². The van der Waals surface area contributed by atoms with Crippen LogP contribution in [0.2, 0.25) is 0 Å². The van der Waals surface area contributed by atoms with E-state index >= 15 is 0 Å². The van der Waals surface area contributed by atoms with E-state index in [1.54, 1.807) is 0 Å². The van der Waals surface area contributed by atoms with E-state index in [2.05, 4.69) is 24.4 Å². The number of aliphatic hydroxyl groups is 1. The van der Waals surface area contributed by atoms with Crippen LogP contribution in [0.1, 0.15) is 61.4 Å². The third-order valence-corrected chi connectivity index (χ3v) is 4.78. The molecule has 1 saturated heterocycles. The third-order valence-electron chi connectivity index (χ3n) is 4.78. The summed E-state index contributed by atoms with van der Waals surface area (Å²) in [5.41, 5.74) is 2.07. The van der Waals surface area contributed by atoms with Crippen LogP contribution in [0.3, 0.4) is 0 Å². The molecule has 1 amide bonds. The minimum atomic E-state index is -0.00492. The van der Waals surface area contributed by atoms with Crippen molar-refractivity contribution >= 4 is 18.3 Å². The van der Waals surface area contributed by atoms with Crippen molar-refractivity contribution in [3.05, 3.63) is 35.4 Å². The van der Waals surface area contributed by atoms with Crippen LogP contribution in [-0.2, 0) is 6.42 Å². The lowest BCUT2D eigenvalue weighted by atomic mass is 10.0. The molecule has 4 nitrogen and oxygen atoms in total. The van der Waals surface area contributed by atoms with Gasteiger partial charge in [0, 0.05) is 31.2 Å². The van der Waals surface area contributed by atoms with Gasteiger partial charge in [0.2, 0.25) is 0 Å². The number of benzene rings is 1. The number of rotatable bonds is 9. The Balaban J connectivity index is 0.00000312. The minimum Gasteiger partial charge on any atom is -0.395 e. The van der Waals surface area contributed by atoms with E-state index in [9.17, 15) is 9.90 Å².